The van der Waals surface area contributed by atoms with Crippen LogP contribution in [0.3, 0.4) is 0 Å². The van der Waals surface area contributed by atoms with Gasteiger partial charge in [0.05, 0.1) is 18.5 Å². The van der Waals surface area contributed by atoms with Gasteiger partial charge in [0.25, 0.3) is 0 Å². The molecular weight excluding hydrogens is 424 g/mol. The van der Waals surface area contributed by atoms with Gasteiger partial charge in [-0.05, 0) is 73.1 Å². The molecule has 30 heavy (non-hydrogen) atoms. The highest BCUT2D eigenvalue weighted by atomic mass is 35.5. The first-order valence-electron chi connectivity index (χ1n) is 10.3. The second kappa shape index (κ2) is 7.58. The smallest absolute Gasteiger partial charge is 0.309 e. The van der Waals surface area contributed by atoms with Crippen molar-refractivity contribution in [1.29, 1.82) is 0 Å². The fourth-order valence-electron chi connectivity index (χ4n) is 4.99. The van der Waals surface area contributed by atoms with Gasteiger partial charge in [0, 0.05) is 33.6 Å². The highest BCUT2D eigenvalue weighted by molar-refractivity contribution is 6.35. The Balaban J connectivity index is 1.70. The minimum absolute atomic E-state index is 0.00792. The van der Waals surface area contributed by atoms with Gasteiger partial charge in [-0.1, -0.05) is 29.3 Å². The van der Waals surface area contributed by atoms with Gasteiger partial charge in [-0.25, -0.2) is 4.39 Å². The first-order chi connectivity index (χ1) is 14.5. The lowest BCUT2D eigenvalue weighted by atomic mass is 9.94. The number of halogens is 3. The number of carbonyl (C=O) groups excluding carboxylic acids is 1. The van der Waals surface area contributed by atoms with Gasteiger partial charge in [0.2, 0.25) is 0 Å². The first-order valence-corrected chi connectivity index (χ1v) is 11.1. The predicted octanol–water partition coefficient (Wildman–Crippen LogP) is 6.29. The molecule has 2 unspecified atom stereocenters. The van der Waals surface area contributed by atoms with Crippen LogP contribution < -0.4 is 0 Å². The lowest BCUT2D eigenvalue weighted by Crippen LogP contribution is -2.10. The van der Waals surface area contributed by atoms with Crippen LogP contribution in [-0.2, 0) is 28.9 Å². The van der Waals surface area contributed by atoms with Gasteiger partial charge in [-0.3, -0.25) is 4.79 Å². The van der Waals surface area contributed by atoms with E-state index in [9.17, 15) is 9.18 Å². The molecule has 0 N–H and O–H groups in total. The fraction of sp³-hybridized carbons (Fsp3) is 0.375. The largest absolute Gasteiger partial charge is 0.469 e. The Bertz CT molecular complexity index is 1170. The van der Waals surface area contributed by atoms with E-state index in [0.29, 0.717) is 23.0 Å². The number of aromatic nitrogens is 1. The van der Waals surface area contributed by atoms with Crippen LogP contribution in [0.25, 0.3) is 10.9 Å². The van der Waals surface area contributed by atoms with Crippen molar-refractivity contribution in [2.45, 2.75) is 44.6 Å². The van der Waals surface area contributed by atoms with E-state index in [0.717, 1.165) is 47.7 Å². The van der Waals surface area contributed by atoms with Crippen molar-refractivity contribution in [1.82, 2.24) is 4.57 Å². The van der Waals surface area contributed by atoms with Crippen molar-refractivity contribution < 1.29 is 13.9 Å². The van der Waals surface area contributed by atoms with Crippen LogP contribution in [0.15, 0.2) is 30.3 Å². The molecule has 1 fully saturated rings. The molecule has 2 atom stereocenters. The van der Waals surface area contributed by atoms with E-state index >= 15 is 0 Å². The molecule has 2 aliphatic rings. The summed E-state index contributed by atoms with van der Waals surface area (Å²) in [6.07, 6.45) is 4.82. The highest BCUT2D eigenvalue weighted by Gasteiger charge is 2.46. The maximum Gasteiger partial charge on any atom is 0.309 e. The summed E-state index contributed by atoms with van der Waals surface area (Å²) in [5, 5.41) is 2.20. The SMILES string of the molecule is COC(=O)C1CC1c1cc(F)cc2c3c(n(Cc4ccc(Cl)cc4Cl)c12)CCCC3. The van der Waals surface area contributed by atoms with Crippen LogP contribution in [0, 0.1) is 11.7 Å². The Kier molecular flexibility index (Phi) is 5.03. The summed E-state index contributed by atoms with van der Waals surface area (Å²) in [5.41, 5.74) is 5.40. The van der Waals surface area contributed by atoms with E-state index in [-0.39, 0.29) is 23.6 Å². The summed E-state index contributed by atoms with van der Waals surface area (Å²) >= 11 is 12.6. The molecule has 0 spiro atoms. The van der Waals surface area contributed by atoms with E-state index in [1.165, 1.54) is 18.4 Å². The van der Waals surface area contributed by atoms with Crippen LogP contribution in [0.5, 0.6) is 0 Å². The summed E-state index contributed by atoms with van der Waals surface area (Å²) in [6, 6.07) is 8.80. The highest BCUT2D eigenvalue weighted by Crippen LogP contribution is 2.51. The summed E-state index contributed by atoms with van der Waals surface area (Å²) in [4.78, 5) is 12.1. The Labute approximate surface area is 184 Å². The zero-order valence-corrected chi connectivity index (χ0v) is 18.2. The summed E-state index contributed by atoms with van der Waals surface area (Å²) in [5.74, 6) is -0.671. The number of benzene rings is 2. The van der Waals surface area contributed by atoms with Gasteiger partial charge < -0.3 is 9.30 Å². The standard InChI is InChI=1S/C24H22Cl2FNO2/c1-30-24(29)20-11-17(20)19-10-15(27)9-18-16-4-2-3-5-22(16)28(23(18)19)12-13-6-7-14(25)8-21(13)26/h6-10,17,20H,2-5,11-12H2,1H3. The van der Waals surface area contributed by atoms with Crippen molar-refractivity contribution in [2.24, 2.45) is 5.92 Å². The average molecular weight is 446 g/mol. The molecule has 1 heterocycles. The van der Waals surface area contributed by atoms with E-state index in [1.54, 1.807) is 18.2 Å². The number of carbonyl (C=O) groups is 1. The normalized spacial score (nSPS) is 20.3. The van der Waals surface area contributed by atoms with Crippen LogP contribution in [0.1, 0.15) is 47.6 Å². The molecule has 3 aromatic rings. The second-order valence-electron chi connectivity index (χ2n) is 8.32. The molecule has 1 aromatic heterocycles. The summed E-state index contributed by atoms with van der Waals surface area (Å²) in [6.45, 7) is 0.593. The van der Waals surface area contributed by atoms with Crippen LogP contribution in [0.4, 0.5) is 4.39 Å². The predicted molar refractivity (Wildman–Crippen MR) is 117 cm³/mol. The number of rotatable bonds is 4. The van der Waals surface area contributed by atoms with E-state index in [2.05, 4.69) is 4.57 Å². The Morgan fingerprint density at radius 1 is 1.20 bits per heavy atom. The molecule has 156 valence electrons. The maximum absolute atomic E-state index is 14.6. The van der Waals surface area contributed by atoms with E-state index in [4.69, 9.17) is 27.9 Å². The molecule has 2 aliphatic carbocycles. The van der Waals surface area contributed by atoms with Crippen molar-refractivity contribution in [3.8, 4) is 0 Å². The molecule has 2 aromatic carbocycles. The molecule has 0 bridgehead atoms. The van der Waals surface area contributed by atoms with Crippen LogP contribution >= 0.6 is 23.2 Å². The van der Waals surface area contributed by atoms with Gasteiger partial charge in [-0.15, -0.1) is 0 Å². The zero-order valence-electron chi connectivity index (χ0n) is 16.7. The molecule has 0 amide bonds. The number of esters is 1. The van der Waals surface area contributed by atoms with Crippen molar-refractivity contribution >= 4 is 40.1 Å². The van der Waals surface area contributed by atoms with Gasteiger partial charge in [0.15, 0.2) is 0 Å². The number of methoxy groups -OCH3 is 1. The number of fused-ring (bicyclic) bond motifs is 3. The first kappa shape index (κ1) is 19.9. The lowest BCUT2D eigenvalue weighted by molar-refractivity contribution is -0.142. The fourth-order valence-corrected chi connectivity index (χ4v) is 5.46. The molecule has 0 saturated heterocycles. The second-order valence-corrected chi connectivity index (χ2v) is 9.16. The van der Waals surface area contributed by atoms with E-state index < -0.39 is 0 Å². The van der Waals surface area contributed by atoms with Crippen molar-refractivity contribution in [3.63, 3.8) is 0 Å². The Morgan fingerprint density at radius 3 is 2.77 bits per heavy atom. The molecule has 3 nitrogen and oxygen atoms in total. The van der Waals surface area contributed by atoms with Crippen LogP contribution in [-0.4, -0.2) is 17.6 Å². The van der Waals surface area contributed by atoms with E-state index in [1.807, 2.05) is 12.1 Å². The average Bonchev–Trinajstić information content (AvgIpc) is 3.47. The lowest BCUT2D eigenvalue weighted by Gasteiger charge is -2.17. The number of hydrogen-bond donors (Lipinski definition) is 0. The number of aryl methyl sites for hydroxylation is 1. The van der Waals surface area contributed by atoms with Crippen molar-refractivity contribution in [2.75, 3.05) is 7.11 Å². The maximum atomic E-state index is 14.6. The topological polar surface area (TPSA) is 31.2 Å². The third kappa shape index (κ3) is 3.30. The number of ether oxygens (including phenoxy) is 1. The Hall–Kier alpha value is -2.04. The molecular formula is C24H22Cl2FNO2. The van der Waals surface area contributed by atoms with Crippen LogP contribution in [0.2, 0.25) is 10.0 Å². The molecule has 1 saturated carbocycles. The van der Waals surface area contributed by atoms with Gasteiger partial charge in [0.1, 0.15) is 5.82 Å². The summed E-state index contributed by atoms with van der Waals surface area (Å²) in [7, 11) is 1.41. The third-order valence-electron chi connectivity index (χ3n) is 6.50. The van der Waals surface area contributed by atoms with Gasteiger partial charge >= 0.3 is 5.97 Å². The quantitative estimate of drug-likeness (QED) is 0.441. The Morgan fingerprint density at radius 2 is 2.00 bits per heavy atom. The zero-order chi connectivity index (χ0) is 21.0. The molecule has 0 radical (unpaired) electrons. The minimum atomic E-state index is -0.247. The minimum Gasteiger partial charge on any atom is -0.469 e. The monoisotopic (exact) mass is 445 g/mol. The molecule has 5 rings (SSSR count). The molecule has 0 aliphatic heterocycles. The number of hydrogen-bond acceptors (Lipinski definition) is 2. The summed E-state index contributed by atoms with van der Waals surface area (Å²) < 4.78 is 21.9. The number of nitrogens with zero attached hydrogens (tertiary/aromatic N) is 1. The third-order valence-corrected chi connectivity index (χ3v) is 7.09. The van der Waals surface area contributed by atoms with Gasteiger partial charge in [-0.2, -0.15) is 0 Å². The molecule has 6 heteroatoms. The van der Waals surface area contributed by atoms with Crippen molar-refractivity contribution in [3.05, 3.63) is 68.6 Å².